The normalized spacial score (nSPS) is 24.9. The summed E-state index contributed by atoms with van der Waals surface area (Å²) in [5.41, 5.74) is 7.37. The third kappa shape index (κ3) is 4.03. The number of aliphatic hydroxyl groups excluding tert-OH is 1. The first-order chi connectivity index (χ1) is 9.67. The lowest BCUT2D eigenvalue weighted by molar-refractivity contribution is 0.228. The van der Waals surface area contributed by atoms with Gasteiger partial charge in [0.25, 0.3) is 0 Å². The largest absolute Gasteiger partial charge is 0.396 e. The van der Waals surface area contributed by atoms with Crippen LogP contribution in [0.1, 0.15) is 25.3 Å². The molecule has 0 aromatic heterocycles. The fraction of sp³-hybridized carbons (Fsp3) is 0.625. The number of hydrogen-bond donors (Lipinski definition) is 3. The standard InChI is InChI=1S/C16H27N3O/c1-14(7-10-20)18-16(12-17)8-9-19(13-16)11-15-5-3-2-4-6-15/h2-6,14,18,20H,7-13,17H2,1H3. The molecule has 1 fully saturated rings. The van der Waals surface area contributed by atoms with E-state index in [0.717, 1.165) is 32.5 Å². The lowest BCUT2D eigenvalue weighted by Gasteiger charge is -2.33. The molecule has 2 unspecified atom stereocenters. The van der Waals surface area contributed by atoms with Crippen molar-refractivity contribution >= 4 is 0 Å². The van der Waals surface area contributed by atoms with E-state index in [1.165, 1.54) is 5.56 Å². The number of nitrogens with zero attached hydrogens (tertiary/aromatic N) is 1. The predicted molar refractivity (Wildman–Crippen MR) is 82.4 cm³/mol. The second kappa shape index (κ2) is 7.18. The Balaban J connectivity index is 1.91. The van der Waals surface area contributed by atoms with Crippen LogP contribution < -0.4 is 11.1 Å². The van der Waals surface area contributed by atoms with Gasteiger partial charge in [-0.15, -0.1) is 0 Å². The summed E-state index contributed by atoms with van der Waals surface area (Å²) in [5.74, 6) is 0. The zero-order chi connectivity index (χ0) is 14.4. The highest BCUT2D eigenvalue weighted by atomic mass is 16.3. The van der Waals surface area contributed by atoms with Crippen molar-refractivity contribution in [2.24, 2.45) is 5.73 Å². The van der Waals surface area contributed by atoms with Gasteiger partial charge in [-0.25, -0.2) is 0 Å². The fourth-order valence-electron chi connectivity index (χ4n) is 3.07. The number of rotatable bonds is 7. The molecule has 1 aromatic rings. The minimum absolute atomic E-state index is 0.00334. The average Bonchev–Trinajstić information content (AvgIpc) is 2.84. The molecule has 4 heteroatoms. The number of likely N-dealkylation sites (tertiary alicyclic amines) is 1. The third-order valence-corrected chi connectivity index (χ3v) is 4.19. The van der Waals surface area contributed by atoms with Crippen LogP contribution in [0, 0.1) is 0 Å². The van der Waals surface area contributed by atoms with Gasteiger partial charge in [-0.3, -0.25) is 4.90 Å². The molecule has 1 aliphatic rings. The second-order valence-corrected chi connectivity index (χ2v) is 5.99. The molecule has 2 rings (SSSR count). The van der Waals surface area contributed by atoms with Crippen LogP contribution in [-0.4, -0.2) is 47.8 Å². The van der Waals surface area contributed by atoms with E-state index in [1.54, 1.807) is 0 Å². The quantitative estimate of drug-likeness (QED) is 0.694. The van der Waals surface area contributed by atoms with E-state index < -0.39 is 0 Å². The van der Waals surface area contributed by atoms with Gasteiger partial charge in [-0.1, -0.05) is 30.3 Å². The topological polar surface area (TPSA) is 61.5 Å². The van der Waals surface area contributed by atoms with Gasteiger partial charge in [-0.2, -0.15) is 0 Å². The van der Waals surface area contributed by atoms with Crippen LogP contribution in [0.15, 0.2) is 30.3 Å². The van der Waals surface area contributed by atoms with Gasteiger partial charge in [0, 0.05) is 44.4 Å². The molecule has 112 valence electrons. The number of nitrogens with one attached hydrogen (secondary N) is 1. The third-order valence-electron chi connectivity index (χ3n) is 4.19. The van der Waals surface area contributed by atoms with Crippen LogP contribution in [0.25, 0.3) is 0 Å². The number of hydrogen-bond acceptors (Lipinski definition) is 4. The summed E-state index contributed by atoms with van der Waals surface area (Å²) in [7, 11) is 0. The summed E-state index contributed by atoms with van der Waals surface area (Å²) >= 11 is 0. The Morgan fingerprint density at radius 2 is 2.15 bits per heavy atom. The Morgan fingerprint density at radius 3 is 2.80 bits per heavy atom. The summed E-state index contributed by atoms with van der Waals surface area (Å²) in [6.07, 6.45) is 1.85. The summed E-state index contributed by atoms with van der Waals surface area (Å²) in [5, 5.41) is 12.7. The summed E-state index contributed by atoms with van der Waals surface area (Å²) in [6.45, 7) is 6.03. The molecular weight excluding hydrogens is 250 g/mol. The molecule has 0 amide bonds. The van der Waals surface area contributed by atoms with Crippen molar-refractivity contribution in [3.8, 4) is 0 Å². The second-order valence-electron chi connectivity index (χ2n) is 5.99. The van der Waals surface area contributed by atoms with Crippen LogP contribution in [0.2, 0.25) is 0 Å². The molecule has 4 nitrogen and oxygen atoms in total. The highest BCUT2D eigenvalue weighted by Crippen LogP contribution is 2.23. The van der Waals surface area contributed by atoms with E-state index in [0.29, 0.717) is 12.6 Å². The van der Waals surface area contributed by atoms with Gasteiger partial charge in [0.1, 0.15) is 0 Å². The highest BCUT2D eigenvalue weighted by Gasteiger charge is 2.37. The van der Waals surface area contributed by atoms with E-state index in [1.807, 2.05) is 0 Å². The van der Waals surface area contributed by atoms with Crippen molar-refractivity contribution in [2.45, 2.75) is 37.9 Å². The SMILES string of the molecule is CC(CCO)NC1(CN)CCN(Cc2ccccc2)C1. The van der Waals surface area contributed by atoms with Gasteiger partial charge >= 0.3 is 0 Å². The van der Waals surface area contributed by atoms with Crippen LogP contribution >= 0.6 is 0 Å². The minimum Gasteiger partial charge on any atom is -0.396 e. The predicted octanol–water partition coefficient (Wildman–Crippen LogP) is 0.950. The van der Waals surface area contributed by atoms with Gasteiger partial charge in [-0.05, 0) is 25.3 Å². The van der Waals surface area contributed by atoms with Crippen molar-refractivity contribution in [3.63, 3.8) is 0 Å². The molecule has 1 aromatic carbocycles. The summed E-state index contributed by atoms with van der Waals surface area (Å²) in [4.78, 5) is 2.46. The van der Waals surface area contributed by atoms with Crippen molar-refractivity contribution in [2.75, 3.05) is 26.2 Å². The monoisotopic (exact) mass is 277 g/mol. The van der Waals surface area contributed by atoms with Crippen LogP contribution in [-0.2, 0) is 6.54 Å². The van der Waals surface area contributed by atoms with E-state index >= 15 is 0 Å². The van der Waals surface area contributed by atoms with E-state index in [2.05, 4.69) is 47.5 Å². The molecule has 0 bridgehead atoms. The molecule has 0 radical (unpaired) electrons. The lowest BCUT2D eigenvalue weighted by Crippen LogP contribution is -2.56. The number of aliphatic hydroxyl groups is 1. The molecule has 0 spiro atoms. The Bertz CT molecular complexity index is 398. The molecule has 1 heterocycles. The van der Waals surface area contributed by atoms with Gasteiger partial charge in [0.2, 0.25) is 0 Å². The summed E-state index contributed by atoms with van der Waals surface area (Å²) in [6, 6.07) is 10.9. The molecular formula is C16H27N3O. The average molecular weight is 277 g/mol. The maximum absolute atomic E-state index is 9.03. The van der Waals surface area contributed by atoms with Gasteiger partial charge < -0.3 is 16.2 Å². The van der Waals surface area contributed by atoms with Gasteiger partial charge in [0.05, 0.1) is 0 Å². The van der Waals surface area contributed by atoms with Gasteiger partial charge in [0.15, 0.2) is 0 Å². The number of benzene rings is 1. The fourth-order valence-corrected chi connectivity index (χ4v) is 3.07. The van der Waals surface area contributed by atoms with Crippen molar-refractivity contribution < 1.29 is 5.11 Å². The molecule has 0 aliphatic carbocycles. The number of nitrogens with two attached hydrogens (primary N) is 1. The smallest absolute Gasteiger partial charge is 0.0446 e. The molecule has 0 saturated carbocycles. The maximum atomic E-state index is 9.03. The molecule has 1 saturated heterocycles. The zero-order valence-corrected chi connectivity index (χ0v) is 12.4. The van der Waals surface area contributed by atoms with Crippen molar-refractivity contribution in [1.82, 2.24) is 10.2 Å². The lowest BCUT2D eigenvalue weighted by atomic mass is 9.97. The van der Waals surface area contributed by atoms with E-state index in [-0.39, 0.29) is 12.1 Å². The Hall–Kier alpha value is -0.940. The molecule has 1 aliphatic heterocycles. The molecule has 2 atom stereocenters. The van der Waals surface area contributed by atoms with E-state index in [9.17, 15) is 0 Å². The summed E-state index contributed by atoms with van der Waals surface area (Å²) < 4.78 is 0. The first-order valence-electron chi connectivity index (χ1n) is 7.52. The first kappa shape index (κ1) is 15.4. The van der Waals surface area contributed by atoms with Crippen LogP contribution in [0.3, 0.4) is 0 Å². The van der Waals surface area contributed by atoms with Crippen LogP contribution in [0.5, 0.6) is 0 Å². The Morgan fingerprint density at radius 1 is 1.40 bits per heavy atom. The first-order valence-corrected chi connectivity index (χ1v) is 7.52. The van der Waals surface area contributed by atoms with Crippen LogP contribution in [0.4, 0.5) is 0 Å². The Labute approximate surface area is 122 Å². The Kier molecular flexibility index (Phi) is 5.54. The van der Waals surface area contributed by atoms with Crippen molar-refractivity contribution in [1.29, 1.82) is 0 Å². The highest BCUT2D eigenvalue weighted by molar-refractivity contribution is 5.15. The molecule has 20 heavy (non-hydrogen) atoms. The molecule has 4 N–H and O–H groups in total. The minimum atomic E-state index is 0.00334. The van der Waals surface area contributed by atoms with E-state index in [4.69, 9.17) is 10.8 Å². The van der Waals surface area contributed by atoms with Crippen molar-refractivity contribution in [3.05, 3.63) is 35.9 Å². The zero-order valence-electron chi connectivity index (χ0n) is 12.4. The maximum Gasteiger partial charge on any atom is 0.0446 e.